The summed E-state index contributed by atoms with van der Waals surface area (Å²) in [6, 6.07) is 5.25. The lowest BCUT2D eigenvalue weighted by Gasteiger charge is -2.11. The van der Waals surface area contributed by atoms with Crippen molar-refractivity contribution in [3.63, 3.8) is 0 Å². The zero-order chi connectivity index (χ0) is 13.5. The third-order valence-corrected chi connectivity index (χ3v) is 4.04. The zero-order valence-electron chi connectivity index (χ0n) is 10.2. The number of hydrogen-bond donors (Lipinski definition) is 0. The molecule has 1 aromatic heterocycles. The Morgan fingerprint density at radius 3 is 2.50 bits per heavy atom. The second-order valence-corrected chi connectivity index (χ2v) is 6.55. The molecule has 0 saturated heterocycles. The molecule has 0 fully saturated rings. The van der Waals surface area contributed by atoms with E-state index in [0.717, 1.165) is 16.6 Å². The van der Waals surface area contributed by atoms with Crippen LogP contribution in [0.3, 0.4) is 0 Å². The molecule has 18 heavy (non-hydrogen) atoms. The Kier molecular flexibility index (Phi) is 3.21. The van der Waals surface area contributed by atoms with Gasteiger partial charge in [-0.1, -0.05) is 6.07 Å². The molecule has 0 saturated carbocycles. The van der Waals surface area contributed by atoms with E-state index in [4.69, 9.17) is 15.4 Å². The second-order valence-electron chi connectivity index (χ2n) is 4.01. The Morgan fingerprint density at radius 2 is 1.94 bits per heavy atom. The van der Waals surface area contributed by atoms with Gasteiger partial charge in [0.2, 0.25) is 0 Å². The predicted molar refractivity (Wildman–Crippen MR) is 70.8 cm³/mol. The van der Waals surface area contributed by atoms with Gasteiger partial charge in [-0.2, -0.15) is 0 Å². The zero-order valence-corrected chi connectivity index (χ0v) is 11.8. The van der Waals surface area contributed by atoms with E-state index in [-0.39, 0.29) is 10.6 Å². The molecule has 1 heterocycles. The first kappa shape index (κ1) is 13.1. The van der Waals surface area contributed by atoms with Crippen LogP contribution in [0.25, 0.3) is 10.9 Å². The number of halogens is 1. The molecule has 0 amide bonds. The maximum Gasteiger partial charge on any atom is 0.265 e. The summed E-state index contributed by atoms with van der Waals surface area (Å²) < 4.78 is 28.3. The van der Waals surface area contributed by atoms with Crippen molar-refractivity contribution in [3.05, 3.63) is 29.5 Å². The fourth-order valence-electron chi connectivity index (χ4n) is 1.88. The van der Waals surface area contributed by atoms with Gasteiger partial charge in [-0.05, 0) is 31.5 Å². The van der Waals surface area contributed by atoms with Crippen molar-refractivity contribution in [1.29, 1.82) is 0 Å². The van der Waals surface area contributed by atoms with Gasteiger partial charge < -0.3 is 4.74 Å². The van der Waals surface area contributed by atoms with Crippen LogP contribution in [0.1, 0.15) is 11.3 Å². The largest absolute Gasteiger partial charge is 0.493 e. The number of aromatic nitrogens is 1. The van der Waals surface area contributed by atoms with Gasteiger partial charge in [-0.25, -0.2) is 13.4 Å². The first-order valence-electron chi connectivity index (χ1n) is 5.24. The van der Waals surface area contributed by atoms with E-state index >= 15 is 0 Å². The van der Waals surface area contributed by atoms with Crippen molar-refractivity contribution in [1.82, 2.24) is 4.98 Å². The van der Waals surface area contributed by atoms with Crippen LogP contribution in [0, 0.1) is 13.8 Å². The molecule has 96 valence electrons. The third kappa shape index (κ3) is 2.15. The fraction of sp³-hybridized carbons (Fsp3) is 0.250. The van der Waals surface area contributed by atoms with Crippen molar-refractivity contribution in [2.75, 3.05) is 7.11 Å². The normalized spacial score (nSPS) is 11.8. The molecule has 0 spiro atoms. The van der Waals surface area contributed by atoms with Crippen LogP contribution in [0.4, 0.5) is 0 Å². The Balaban J connectivity index is 3.00. The lowest BCUT2D eigenvalue weighted by atomic mass is 10.1. The summed E-state index contributed by atoms with van der Waals surface area (Å²) >= 11 is 0. The number of pyridine rings is 1. The monoisotopic (exact) mass is 285 g/mol. The quantitative estimate of drug-likeness (QED) is 0.796. The summed E-state index contributed by atoms with van der Waals surface area (Å²) in [5.74, 6) is 0.189. The molecule has 2 aromatic rings. The Hall–Kier alpha value is -1.33. The van der Waals surface area contributed by atoms with Crippen molar-refractivity contribution < 1.29 is 13.2 Å². The van der Waals surface area contributed by atoms with Gasteiger partial charge in [-0.3, -0.25) is 0 Å². The van der Waals surface area contributed by atoms with Crippen molar-refractivity contribution >= 4 is 30.6 Å². The molecular weight excluding hydrogens is 274 g/mol. The summed E-state index contributed by atoms with van der Waals surface area (Å²) in [5.41, 5.74) is 2.08. The second kappa shape index (κ2) is 4.40. The van der Waals surface area contributed by atoms with Crippen LogP contribution >= 0.6 is 10.7 Å². The van der Waals surface area contributed by atoms with E-state index < -0.39 is 9.05 Å². The average Bonchev–Trinajstić information content (AvgIpc) is 2.27. The fourth-order valence-corrected chi connectivity index (χ4v) is 2.95. The highest BCUT2D eigenvalue weighted by atomic mass is 35.7. The number of methoxy groups -OCH3 is 1. The van der Waals surface area contributed by atoms with Crippen molar-refractivity contribution in [2.24, 2.45) is 0 Å². The first-order chi connectivity index (χ1) is 8.34. The van der Waals surface area contributed by atoms with Crippen molar-refractivity contribution in [2.45, 2.75) is 18.7 Å². The summed E-state index contributed by atoms with van der Waals surface area (Å²) in [4.78, 5) is 4.29. The summed E-state index contributed by atoms with van der Waals surface area (Å²) in [7, 11) is 2.96. The minimum Gasteiger partial charge on any atom is -0.493 e. The SMILES string of the molecule is COc1c(S(=O)(=O)Cl)cc(C)c2ccc(C)nc12. The van der Waals surface area contributed by atoms with E-state index in [1.54, 1.807) is 0 Å². The number of fused-ring (bicyclic) bond motifs is 1. The Labute approximate surface area is 110 Å². The smallest absolute Gasteiger partial charge is 0.265 e. The molecule has 0 aliphatic rings. The predicted octanol–water partition coefficient (Wildman–Crippen LogP) is 2.79. The average molecular weight is 286 g/mol. The van der Waals surface area contributed by atoms with Crippen LogP contribution in [-0.4, -0.2) is 20.5 Å². The summed E-state index contributed by atoms with van der Waals surface area (Å²) in [5, 5.41) is 0.849. The van der Waals surface area contributed by atoms with Gasteiger partial charge in [0.1, 0.15) is 10.4 Å². The Morgan fingerprint density at radius 1 is 1.28 bits per heavy atom. The maximum absolute atomic E-state index is 11.6. The van der Waals surface area contributed by atoms with Crippen LogP contribution < -0.4 is 4.74 Å². The number of benzene rings is 1. The van der Waals surface area contributed by atoms with Crippen LogP contribution in [-0.2, 0) is 9.05 Å². The van der Waals surface area contributed by atoms with Gasteiger partial charge in [0.05, 0.1) is 7.11 Å². The van der Waals surface area contributed by atoms with E-state index in [9.17, 15) is 8.42 Å². The molecule has 0 bridgehead atoms. The standard InChI is InChI=1S/C12H12ClNO3S/c1-7-6-10(18(13,15)16)12(17-3)11-9(7)5-4-8(2)14-11/h4-6H,1-3H3. The van der Waals surface area contributed by atoms with Crippen LogP contribution in [0.2, 0.25) is 0 Å². The molecule has 0 radical (unpaired) electrons. The molecule has 6 heteroatoms. The highest BCUT2D eigenvalue weighted by Crippen LogP contribution is 2.35. The summed E-state index contributed by atoms with van der Waals surface area (Å²) in [6.45, 7) is 3.64. The molecule has 0 aliphatic heterocycles. The molecular formula is C12H12ClNO3S. The van der Waals surface area contributed by atoms with E-state index in [1.165, 1.54) is 13.2 Å². The molecule has 0 aliphatic carbocycles. The van der Waals surface area contributed by atoms with Crippen molar-refractivity contribution in [3.8, 4) is 5.75 Å². The minimum absolute atomic E-state index is 0.0465. The number of rotatable bonds is 2. The van der Waals surface area contributed by atoms with Gasteiger partial charge in [0, 0.05) is 21.8 Å². The lowest BCUT2D eigenvalue weighted by molar-refractivity contribution is 0.407. The van der Waals surface area contributed by atoms with Crippen LogP contribution in [0.15, 0.2) is 23.1 Å². The van der Waals surface area contributed by atoms with E-state index in [0.29, 0.717) is 5.52 Å². The first-order valence-corrected chi connectivity index (χ1v) is 7.55. The highest BCUT2D eigenvalue weighted by molar-refractivity contribution is 8.13. The van der Waals surface area contributed by atoms with Gasteiger partial charge >= 0.3 is 0 Å². The molecule has 1 aromatic carbocycles. The molecule has 2 rings (SSSR count). The lowest BCUT2D eigenvalue weighted by Crippen LogP contribution is -2.00. The van der Waals surface area contributed by atoms with E-state index in [2.05, 4.69) is 4.98 Å². The van der Waals surface area contributed by atoms with Crippen LogP contribution in [0.5, 0.6) is 5.75 Å². The third-order valence-electron chi connectivity index (χ3n) is 2.71. The van der Waals surface area contributed by atoms with E-state index in [1.807, 2.05) is 26.0 Å². The number of ether oxygens (including phenoxy) is 1. The topological polar surface area (TPSA) is 56.3 Å². The molecule has 4 nitrogen and oxygen atoms in total. The van der Waals surface area contributed by atoms with Gasteiger partial charge in [0.15, 0.2) is 5.75 Å². The molecule has 0 atom stereocenters. The number of aryl methyl sites for hydroxylation is 2. The molecule has 0 N–H and O–H groups in total. The minimum atomic E-state index is -3.87. The Bertz CT molecular complexity index is 726. The van der Waals surface area contributed by atoms with Gasteiger partial charge in [0.25, 0.3) is 9.05 Å². The maximum atomic E-state index is 11.6. The number of nitrogens with zero attached hydrogens (tertiary/aromatic N) is 1. The highest BCUT2D eigenvalue weighted by Gasteiger charge is 2.21. The molecule has 0 unspecified atom stereocenters. The number of hydrogen-bond acceptors (Lipinski definition) is 4. The summed E-state index contributed by atoms with van der Waals surface area (Å²) in [6.07, 6.45) is 0. The van der Waals surface area contributed by atoms with Gasteiger partial charge in [-0.15, -0.1) is 0 Å².